The van der Waals surface area contributed by atoms with Crippen molar-refractivity contribution in [2.75, 3.05) is 17.6 Å². The van der Waals surface area contributed by atoms with E-state index in [0.717, 1.165) is 35.1 Å². The number of rotatable bonds is 1. The molecule has 0 unspecified atom stereocenters. The average molecular weight is 303 g/mol. The second kappa shape index (κ2) is 5.19. The van der Waals surface area contributed by atoms with Crippen LogP contribution in [0.25, 0.3) is 0 Å². The van der Waals surface area contributed by atoms with Crippen LogP contribution >= 0.6 is 27.7 Å². The standard InChI is InChI=1S/C11H12BrFN2S/c1-7-5-9(13)8(12)6-10(7)15-11-14-3-2-4-16-11/h5-6H,2-4H2,1H3,(H,14,15). The van der Waals surface area contributed by atoms with E-state index in [1.54, 1.807) is 17.8 Å². The van der Waals surface area contributed by atoms with Gasteiger partial charge in [0.1, 0.15) is 5.82 Å². The molecule has 0 amide bonds. The molecule has 0 fully saturated rings. The smallest absolute Gasteiger partial charge is 0.161 e. The maximum absolute atomic E-state index is 13.2. The van der Waals surface area contributed by atoms with Gasteiger partial charge in [0.05, 0.1) is 4.47 Å². The molecule has 5 heteroatoms. The van der Waals surface area contributed by atoms with Crippen LogP contribution in [0.5, 0.6) is 0 Å². The molecular weight excluding hydrogens is 291 g/mol. The number of hydrogen-bond acceptors (Lipinski definition) is 3. The highest BCUT2D eigenvalue weighted by Crippen LogP contribution is 2.25. The summed E-state index contributed by atoms with van der Waals surface area (Å²) < 4.78 is 13.7. The van der Waals surface area contributed by atoms with Gasteiger partial charge >= 0.3 is 0 Å². The third kappa shape index (κ3) is 2.77. The highest BCUT2D eigenvalue weighted by Gasteiger charge is 2.09. The number of amidine groups is 1. The zero-order valence-corrected chi connectivity index (χ0v) is 11.3. The Morgan fingerprint density at radius 3 is 3.00 bits per heavy atom. The number of benzene rings is 1. The van der Waals surface area contributed by atoms with Crippen LogP contribution in [0, 0.1) is 12.7 Å². The van der Waals surface area contributed by atoms with Crippen LogP contribution in [-0.2, 0) is 0 Å². The second-order valence-corrected chi connectivity index (χ2v) is 5.53. The molecule has 86 valence electrons. The number of thioether (sulfide) groups is 1. The first-order valence-corrected chi connectivity index (χ1v) is 6.84. The number of hydrogen-bond donors (Lipinski definition) is 1. The quantitative estimate of drug-likeness (QED) is 0.853. The Labute approximate surface area is 107 Å². The third-order valence-electron chi connectivity index (χ3n) is 2.31. The van der Waals surface area contributed by atoms with Gasteiger partial charge in [0, 0.05) is 18.0 Å². The van der Waals surface area contributed by atoms with Gasteiger partial charge in [-0.3, -0.25) is 4.99 Å². The van der Waals surface area contributed by atoms with E-state index in [1.807, 2.05) is 6.92 Å². The zero-order valence-electron chi connectivity index (χ0n) is 8.89. The SMILES string of the molecule is Cc1cc(F)c(Br)cc1NC1=NCCCS1. The Morgan fingerprint density at radius 1 is 1.50 bits per heavy atom. The van der Waals surface area contributed by atoms with Crippen molar-refractivity contribution in [1.82, 2.24) is 0 Å². The lowest BCUT2D eigenvalue weighted by Gasteiger charge is -2.15. The fourth-order valence-electron chi connectivity index (χ4n) is 1.43. The predicted octanol–water partition coefficient (Wildman–Crippen LogP) is 3.80. The minimum atomic E-state index is -0.235. The summed E-state index contributed by atoms with van der Waals surface area (Å²) in [7, 11) is 0. The normalized spacial score (nSPS) is 15.8. The summed E-state index contributed by atoms with van der Waals surface area (Å²) in [6.07, 6.45) is 1.13. The molecule has 0 radical (unpaired) electrons. The predicted molar refractivity (Wildman–Crippen MR) is 71.8 cm³/mol. The minimum absolute atomic E-state index is 0.235. The van der Waals surface area contributed by atoms with Crippen LogP contribution in [0.2, 0.25) is 0 Å². The van der Waals surface area contributed by atoms with Gasteiger partial charge in [-0.1, -0.05) is 11.8 Å². The maximum Gasteiger partial charge on any atom is 0.161 e. The molecule has 0 spiro atoms. The fraction of sp³-hybridized carbons (Fsp3) is 0.364. The van der Waals surface area contributed by atoms with E-state index in [1.165, 1.54) is 6.07 Å². The molecule has 16 heavy (non-hydrogen) atoms. The maximum atomic E-state index is 13.2. The van der Waals surface area contributed by atoms with E-state index in [9.17, 15) is 4.39 Å². The van der Waals surface area contributed by atoms with Crippen molar-refractivity contribution in [2.24, 2.45) is 4.99 Å². The van der Waals surface area contributed by atoms with Gasteiger partial charge in [-0.2, -0.15) is 0 Å². The van der Waals surface area contributed by atoms with Crippen molar-refractivity contribution in [1.29, 1.82) is 0 Å². The lowest BCUT2D eigenvalue weighted by atomic mass is 10.2. The van der Waals surface area contributed by atoms with Crippen molar-refractivity contribution in [3.8, 4) is 0 Å². The molecule has 1 heterocycles. The molecule has 2 nitrogen and oxygen atoms in total. The molecule has 1 aromatic carbocycles. The summed E-state index contributed by atoms with van der Waals surface area (Å²) >= 11 is 4.89. The zero-order chi connectivity index (χ0) is 11.5. The van der Waals surface area contributed by atoms with Crippen LogP contribution in [0.3, 0.4) is 0 Å². The summed E-state index contributed by atoms with van der Waals surface area (Å²) in [5.41, 5.74) is 1.79. The van der Waals surface area contributed by atoms with Gasteiger partial charge in [0.15, 0.2) is 5.17 Å². The Hall–Kier alpha value is -0.550. The number of nitrogens with zero attached hydrogens (tertiary/aromatic N) is 1. The van der Waals surface area contributed by atoms with Gasteiger partial charge in [0.2, 0.25) is 0 Å². The van der Waals surface area contributed by atoms with Crippen molar-refractivity contribution in [3.05, 3.63) is 28.0 Å². The summed E-state index contributed by atoms with van der Waals surface area (Å²) in [5.74, 6) is 0.856. The van der Waals surface area contributed by atoms with Gasteiger partial charge in [-0.25, -0.2) is 4.39 Å². The second-order valence-electron chi connectivity index (χ2n) is 3.60. The summed E-state index contributed by atoms with van der Waals surface area (Å²) in [5, 5.41) is 4.16. The van der Waals surface area contributed by atoms with Crippen LogP contribution < -0.4 is 5.32 Å². The largest absolute Gasteiger partial charge is 0.335 e. The Morgan fingerprint density at radius 2 is 2.31 bits per heavy atom. The fourth-order valence-corrected chi connectivity index (χ4v) is 2.61. The van der Waals surface area contributed by atoms with Gasteiger partial charge < -0.3 is 5.32 Å². The molecule has 0 aromatic heterocycles. The lowest BCUT2D eigenvalue weighted by Crippen LogP contribution is -2.14. The monoisotopic (exact) mass is 302 g/mol. The van der Waals surface area contributed by atoms with Crippen molar-refractivity contribution < 1.29 is 4.39 Å². The molecule has 0 aliphatic carbocycles. The van der Waals surface area contributed by atoms with Crippen molar-refractivity contribution in [3.63, 3.8) is 0 Å². The van der Waals surface area contributed by atoms with E-state index < -0.39 is 0 Å². The topological polar surface area (TPSA) is 24.4 Å². The highest BCUT2D eigenvalue weighted by molar-refractivity contribution is 9.10. The molecule has 1 N–H and O–H groups in total. The average Bonchev–Trinajstić information content (AvgIpc) is 2.27. The van der Waals surface area contributed by atoms with Crippen LogP contribution in [-0.4, -0.2) is 17.5 Å². The third-order valence-corrected chi connectivity index (χ3v) is 3.91. The molecule has 0 bridgehead atoms. The summed E-state index contributed by atoms with van der Waals surface area (Å²) in [4.78, 5) is 4.38. The summed E-state index contributed by atoms with van der Waals surface area (Å²) in [6.45, 7) is 2.75. The number of halogens is 2. The first kappa shape index (κ1) is 11.9. The van der Waals surface area contributed by atoms with Gasteiger partial charge in [-0.15, -0.1) is 0 Å². The Bertz CT molecular complexity index is 434. The summed E-state index contributed by atoms with van der Waals surface area (Å²) in [6, 6.07) is 3.27. The van der Waals surface area contributed by atoms with E-state index >= 15 is 0 Å². The minimum Gasteiger partial charge on any atom is -0.335 e. The first-order chi connectivity index (χ1) is 7.66. The molecule has 0 saturated heterocycles. The molecular formula is C11H12BrFN2S. The molecule has 1 aromatic rings. The molecule has 0 atom stereocenters. The van der Waals surface area contributed by atoms with E-state index in [-0.39, 0.29) is 5.82 Å². The first-order valence-electron chi connectivity index (χ1n) is 5.07. The molecule has 1 aliphatic heterocycles. The van der Waals surface area contributed by atoms with Crippen molar-refractivity contribution >= 4 is 38.5 Å². The number of nitrogens with one attached hydrogen (secondary N) is 1. The van der Waals surface area contributed by atoms with E-state index in [2.05, 4.69) is 26.2 Å². The number of aryl methyl sites for hydroxylation is 1. The van der Waals surface area contributed by atoms with Gasteiger partial charge in [-0.05, 0) is 47.0 Å². The van der Waals surface area contributed by atoms with E-state index in [0.29, 0.717) is 4.47 Å². The Kier molecular flexibility index (Phi) is 3.86. The van der Waals surface area contributed by atoms with Gasteiger partial charge in [0.25, 0.3) is 0 Å². The van der Waals surface area contributed by atoms with Crippen LogP contribution in [0.1, 0.15) is 12.0 Å². The lowest BCUT2D eigenvalue weighted by molar-refractivity contribution is 0.620. The van der Waals surface area contributed by atoms with Crippen molar-refractivity contribution in [2.45, 2.75) is 13.3 Å². The van der Waals surface area contributed by atoms with Crippen LogP contribution in [0.4, 0.5) is 10.1 Å². The molecule has 2 rings (SSSR count). The van der Waals surface area contributed by atoms with E-state index in [4.69, 9.17) is 0 Å². The highest BCUT2D eigenvalue weighted by atomic mass is 79.9. The molecule has 0 saturated carbocycles. The molecule has 1 aliphatic rings. The number of aliphatic imine (C=N–C) groups is 1. The Balaban J connectivity index is 2.20. The van der Waals surface area contributed by atoms with Crippen LogP contribution in [0.15, 0.2) is 21.6 Å². The number of anilines is 1.